The number of nitriles is 1. The molecule has 0 aliphatic carbocycles. The fraction of sp³-hybridized carbons (Fsp3) is 0.0385. The first-order chi connectivity index (χ1) is 15.5. The van der Waals surface area contributed by atoms with Crippen molar-refractivity contribution in [2.45, 2.75) is 6.54 Å². The Labute approximate surface area is 184 Å². The summed E-state index contributed by atoms with van der Waals surface area (Å²) in [5.74, 6) is -1.70. The van der Waals surface area contributed by atoms with E-state index in [0.717, 1.165) is 22.0 Å². The number of anilines is 1. The van der Waals surface area contributed by atoms with E-state index in [1.165, 1.54) is 18.2 Å². The Morgan fingerprint density at radius 3 is 2.50 bits per heavy atom. The summed E-state index contributed by atoms with van der Waals surface area (Å²) in [6.45, 7) is 0.658. The van der Waals surface area contributed by atoms with Crippen molar-refractivity contribution in [2.75, 3.05) is 5.32 Å². The highest BCUT2D eigenvalue weighted by Gasteiger charge is 2.14. The van der Waals surface area contributed by atoms with Gasteiger partial charge in [-0.1, -0.05) is 54.6 Å². The molecular weight excluding hydrogens is 402 g/mol. The van der Waals surface area contributed by atoms with Crippen LogP contribution >= 0.6 is 0 Å². The Bertz CT molecular complexity index is 1380. The number of carboxylic acids is 1. The summed E-state index contributed by atoms with van der Waals surface area (Å²) < 4.78 is 2.08. The van der Waals surface area contributed by atoms with Crippen LogP contribution in [-0.2, 0) is 11.3 Å². The molecule has 0 unspecified atom stereocenters. The number of para-hydroxylation sites is 1. The first kappa shape index (κ1) is 20.6. The molecule has 3 aromatic carbocycles. The van der Waals surface area contributed by atoms with E-state index in [9.17, 15) is 14.9 Å². The number of carbonyl (C=O) groups is 2. The first-order valence-corrected chi connectivity index (χ1v) is 9.93. The fourth-order valence-electron chi connectivity index (χ4n) is 3.53. The minimum absolute atomic E-state index is 0.0502. The van der Waals surface area contributed by atoms with E-state index in [1.54, 1.807) is 12.1 Å². The third kappa shape index (κ3) is 4.42. The van der Waals surface area contributed by atoms with Crippen molar-refractivity contribution in [1.82, 2.24) is 4.57 Å². The maximum Gasteiger partial charge on any atom is 0.335 e. The topological polar surface area (TPSA) is 95.1 Å². The van der Waals surface area contributed by atoms with Crippen LogP contribution in [0, 0.1) is 11.3 Å². The van der Waals surface area contributed by atoms with Crippen molar-refractivity contribution in [3.63, 3.8) is 0 Å². The largest absolute Gasteiger partial charge is 0.478 e. The number of carbonyl (C=O) groups excluding carboxylic acids is 1. The molecule has 0 aliphatic heterocycles. The SMILES string of the molecule is N#C/C(=C/c1cn(Cc2ccccc2)c2ccccc12)C(=O)Nc1cccc(C(=O)O)c1. The highest BCUT2D eigenvalue weighted by molar-refractivity contribution is 6.11. The zero-order chi connectivity index (χ0) is 22.5. The van der Waals surface area contributed by atoms with Crippen LogP contribution in [0.1, 0.15) is 21.5 Å². The van der Waals surface area contributed by atoms with E-state index >= 15 is 0 Å². The van der Waals surface area contributed by atoms with Gasteiger partial charge in [0.1, 0.15) is 11.6 Å². The lowest BCUT2D eigenvalue weighted by molar-refractivity contribution is -0.112. The summed E-state index contributed by atoms with van der Waals surface area (Å²) >= 11 is 0. The van der Waals surface area contributed by atoms with Crippen LogP contribution < -0.4 is 5.32 Å². The summed E-state index contributed by atoms with van der Waals surface area (Å²) in [5.41, 5.74) is 3.17. The highest BCUT2D eigenvalue weighted by Crippen LogP contribution is 2.25. The van der Waals surface area contributed by atoms with Crippen molar-refractivity contribution in [3.05, 3.63) is 107 Å². The average molecular weight is 421 g/mol. The molecule has 4 rings (SSSR count). The van der Waals surface area contributed by atoms with Crippen LogP contribution in [0.15, 0.2) is 90.6 Å². The fourth-order valence-corrected chi connectivity index (χ4v) is 3.53. The molecule has 0 saturated carbocycles. The van der Waals surface area contributed by atoms with Gasteiger partial charge in [0, 0.05) is 34.9 Å². The van der Waals surface area contributed by atoms with E-state index < -0.39 is 11.9 Å². The van der Waals surface area contributed by atoms with Gasteiger partial charge in [0.05, 0.1) is 5.56 Å². The van der Waals surface area contributed by atoms with Crippen LogP contribution in [0.25, 0.3) is 17.0 Å². The van der Waals surface area contributed by atoms with Gasteiger partial charge in [-0.2, -0.15) is 5.26 Å². The number of hydrogen-bond acceptors (Lipinski definition) is 3. The molecule has 1 amide bonds. The molecule has 32 heavy (non-hydrogen) atoms. The van der Waals surface area contributed by atoms with Gasteiger partial charge in [0.2, 0.25) is 0 Å². The van der Waals surface area contributed by atoms with Crippen molar-refractivity contribution in [2.24, 2.45) is 0 Å². The number of amides is 1. The maximum absolute atomic E-state index is 12.7. The zero-order valence-corrected chi connectivity index (χ0v) is 17.0. The van der Waals surface area contributed by atoms with Crippen LogP contribution in [0.5, 0.6) is 0 Å². The van der Waals surface area contributed by atoms with Gasteiger partial charge in [0.25, 0.3) is 5.91 Å². The van der Waals surface area contributed by atoms with E-state index in [-0.39, 0.29) is 11.1 Å². The Balaban J connectivity index is 1.66. The molecule has 0 radical (unpaired) electrons. The Morgan fingerprint density at radius 2 is 1.75 bits per heavy atom. The molecule has 6 nitrogen and oxygen atoms in total. The van der Waals surface area contributed by atoms with E-state index in [1.807, 2.05) is 66.9 Å². The maximum atomic E-state index is 12.7. The van der Waals surface area contributed by atoms with Crippen LogP contribution in [0.2, 0.25) is 0 Å². The number of nitrogens with zero attached hydrogens (tertiary/aromatic N) is 2. The molecule has 0 aliphatic rings. The Hall–Kier alpha value is -4.63. The van der Waals surface area contributed by atoms with E-state index in [4.69, 9.17) is 5.11 Å². The molecule has 6 heteroatoms. The normalized spacial score (nSPS) is 11.2. The number of carboxylic acid groups (broad SMARTS) is 1. The summed E-state index contributed by atoms with van der Waals surface area (Å²) in [4.78, 5) is 23.9. The smallest absolute Gasteiger partial charge is 0.335 e. The first-order valence-electron chi connectivity index (χ1n) is 9.93. The minimum Gasteiger partial charge on any atom is -0.478 e. The molecule has 4 aromatic rings. The second-order valence-electron chi connectivity index (χ2n) is 7.22. The molecule has 0 saturated heterocycles. The number of aromatic carboxylic acids is 1. The van der Waals surface area contributed by atoms with Gasteiger partial charge >= 0.3 is 5.97 Å². The summed E-state index contributed by atoms with van der Waals surface area (Å²) in [6, 6.07) is 25.7. The molecule has 0 spiro atoms. The second-order valence-corrected chi connectivity index (χ2v) is 7.22. The zero-order valence-electron chi connectivity index (χ0n) is 17.0. The number of aromatic nitrogens is 1. The molecule has 0 fully saturated rings. The summed E-state index contributed by atoms with van der Waals surface area (Å²) in [6.07, 6.45) is 3.48. The van der Waals surface area contributed by atoms with Crippen LogP contribution in [0.4, 0.5) is 5.69 Å². The monoisotopic (exact) mass is 421 g/mol. The number of rotatable bonds is 6. The molecule has 1 heterocycles. The number of benzene rings is 3. The number of fused-ring (bicyclic) bond motifs is 1. The standard InChI is InChI=1S/C26H19N3O3/c27-15-20(25(30)28-22-10-6-9-19(14-22)26(31)32)13-21-17-29(16-18-7-2-1-3-8-18)24-12-5-4-11-23(21)24/h1-14,17H,16H2,(H,28,30)(H,31,32)/b20-13-. The van der Waals surface area contributed by atoms with Crippen molar-refractivity contribution in [1.29, 1.82) is 5.26 Å². The molecule has 0 atom stereocenters. The van der Waals surface area contributed by atoms with Gasteiger partial charge in [-0.15, -0.1) is 0 Å². The van der Waals surface area contributed by atoms with Crippen molar-refractivity contribution < 1.29 is 14.7 Å². The summed E-state index contributed by atoms with van der Waals surface area (Å²) in [5, 5.41) is 22.3. The predicted octanol–water partition coefficient (Wildman–Crippen LogP) is 4.93. The van der Waals surface area contributed by atoms with E-state index in [0.29, 0.717) is 12.2 Å². The molecule has 156 valence electrons. The minimum atomic E-state index is -1.09. The summed E-state index contributed by atoms with van der Waals surface area (Å²) in [7, 11) is 0. The van der Waals surface area contributed by atoms with Gasteiger partial charge in [0.15, 0.2) is 0 Å². The number of hydrogen-bond donors (Lipinski definition) is 2. The average Bonchev–Trinajstić information content (AvgIpc) is 3.15. The second kappa shape index (κ2) is 9.02. The lowest BCUT2D eigenvalue weighted by atomic mass is 10.1. The van der Waals surface area contributed by atoms with Crippen LogP contribution in [-0.4, -0.2) is 21.6 Å². The lowest BCUT2D eigenvalue weighted by Gasteiger charge is -2.05. The Morgan fingerprint density at radius 1 is 1.00 bits per heavy atom. The molecule has 0 bridgehead atoms. The Kier molecular flexibility index (Phi) is 5.82. The third-order valence-corrected chi connectivity index (χ3v) is 5.05. The molecule has 2 N–H and O–H groups in total. The number of nitrogens with one attached hydrogen (secondary N) is 1. The third-order valence-electron chi connectivity index (χ3n) is 5.05. The van der Waals surface area contributed by atoms with Crippen molar-refractivity contribution >= 4 is 34.5 Å². The highest BCUT2D eigenvalue weighted by atomic mass is 16.4. The van der Waals surface area contributed by atoms with Crippen molar-refractivity contribution in [3.8, 4) is 6.07 Å². The van der Waals surface area contributed by atoms with Gasteiger partial charge in [-0.3, -0.25) is 4.79 Å². The van der Waals surface area contributed by atoms with Gasteiger partial charge in [-0.05, 0) is 35.9 Å². The predicted molar refractivity (Wildman–Crippen MR) is 123 cm³/mol. The quantitative estimate of drug-likeness (QED) is 0.341. The molecule has 1 aromatic heterocycles. The lowest BCUT2D eigenvalue weighted by Crippen LogP contribution is -2.13. The molecular formula is C26H19N3O3. The van der Waals surface area contributed by atoms with Gasteiger partial charge in [-0.25, -0.2) is 4.79 Å². The van der Waals surface area contributed by atoms with Gasteiger partial charge < -0.3 is 15.0 Å². The van der Waals surface area contributed by atoms with E-state index in [2.05, 4.69) is 9.88 Å². The van der Waals surface area contributed by atoms with Crippen LogP contribution in [0.3, 0.4) is 0 Å².